The van der Waals surface area contributed by atoms with Crippen molar-refractivity contribution in [3.63, 3.8) is 0 Å². The molecule has 0 spiro atoms. The Hall–Kier alpha value is -3.17. The predicted octanol–water partition coefficient (Wildman–Crippen LogP) is 4.68. The van der Waals surface area contributed by atoms with Gasteiger partial charge in [-0.3, -0.25) is 19.3 Å². The van der Waals surface area contributed by atoms with E-state index in [-0.39, 0.29) is 50.5 Å². The minimum atomic E-state index is -1.94. The van der Waals surface area contributed by atoms with Gasteiger partial charge in [-0.1, -0.05) is 53.6 Å². The van der Waals surface area contributed by atoms with Gasteiger partial charge in [0.05, 0.1) is 67.9 Å². The monoisotopic (exact) mass is 1160 g/mol. The normalized spacial score (nSPS) is 40.2. The van der Waals surface area contributed by atoms with Crippen molar-refractivity contribution in [3.05, 3.63) is 0 Å². The number of ketones is 1. The van der Waals surface area contributed by atoms with E-state index in [1.807, 2.05) is 55.5 Å². The van der Waals surface area contributed by atoms with E-state index in [2.05, 4.69) is 21.9 Å². The number of carbonyl (C=O) groups excluding carboxylic acids is 4. The number of morpholine rings is 1. The van der Waals surface area contributed by atoms with Crippen LogP contribution in [-0.2, 0) is 76.1 Å². The highest BCUT2D eigenvalue weighted by molar-refractivity contribution is 5.91. The van der Waals surface area contributed by atoms with Crippen molar-refractivity contribution in [3.8, 4) is 0 Å². The Morgan fingerprint density at radius 1 is 0.827 bits per heavy atom. The van der Waals surface area contributed by atoms with Crippen LogP contribution in [0.25, 0.3) is 0 Å². The fraction of sp³-hybridized carbons (Fsp3) is 0.914. The first kappa shape index (κ1) is 68.6. The molecule has 1 unspecified atom stereocenters. The van der Waals surface area contributed by atoms with Gasteiger partial charge in [-0.15, -0.1) is 0 Å². The molecule has 1 amide bonds. The average Bonchev–Trinajstić information content (AvgIpc) is 3.59. The fourth-order valence-corrected chi connectivity index (χ4v) is 12.2. The highest BCUT2D eigenvalue weighted by Gasteiger charge is 2.53. The van der Waals surface area contributed by atoms with E-state index in [1.54, 1.807) is 41.7 Å². The topological polar surface area (TPSA) is 251 Å². The summed E-state index contributed by atoms with van der Waals surface area (Å²) in [7, 11) is 7.94. The number of likely N-dealkylation sites (N-methyl/N-ethyl adjacent to an activating group) is 2. The fourth-order valence-electron chi connectivity index (χ4n) is 12.2. The van der Waals surface area contributed by atoms with Crippen LogP contribution in [-0.4, -0.2) is 240 Å². The zero-order chi connectivity index (χ0) is 60.2. The van der Waals surface area contributed by atoms with Crippen LogP contribution in [0.3, 0.4) is 0 Å². The number of aliphatic hydroxyl groups is 2. The number of aliphatic hydroxyl groups excluding tert-OH is 2. The maximum Gasteiger partial charge on any atom is 0.410 e. The lowest BCUT2D eigenvalue weighted by molar-refractivity contribution is -0.305. The van der Waals surface area contributed by atoms with Gasteiger partial charge in [0.2, 0.25) is 0 Å². The summed E-state index contributed by atoms with van der Waals surface area (Å²) in [5.74, 6) is -7.30. The maximum atomic E-state index is 16.0. The second kappa shape index (κ2) is 31.3. The highest BCUT2D eigenvalue weighted by Crippen LogP contribution is 2.41. The molecule has 5 aliphatic rings. The van der Waals surface area contributed by atoms with E-state index in [1.165, 1.54) is 26.2 Å². The Balaban J connectivity index is 1.70. The molecule has 0 aromatic carbocycles. The number of esters is 2. The molecule has 22 atom stereocenters. The van der Waals surface area contributed by atoms with Crippen LogP contribution in [0.5, 0.6) is 0 Å². The lowest BCUT2D eigenvalue weighted by Gasteiger charge is -2.45. The number of ether oxygens (including phenoxy) is 12. The second-order valence-corrected chi connectivity index (χ2v) is 24.5. The molecule has 0 saturated carbocycles. The van der Waals surface area contributed by atoms with Crippen molar-refractivity contribution in [2.75, 3.05) is 88.0 Å². The van der Waals surface area contributed by atoms with Crippen molar-refractivity contribution in [2.24, 2.45) is 46.6 Å². The molecule has 0 bridgehead atoms. The largest absolute Gasteiger partial charge is 0.461 e. The number of carbonyl (C=O) groups is 4. The van der Waals surface area contributed by atoms with Crippen molar-refractivity contribution in [1.29, 1.82) is 0 Å². The van der Waals surface area contributed by atoms with Crippen molar-refractivity contribution < 1.29 is 91.1 Å². The van der Waals surface area contributed by atoms with Crippen LogP contribution in [0.1, 0.15) is 116 Å². The summed E-state index contributed by atoms with van der Waals surface area (Å²) in [6, 6.07) is 0.0147. The highest BCUT2D eigenvalue weighted by atomic mass is 16.7. The lowest BCUT2D eigenvalue weighted by Crippen LogP contribution is -2.59. The van der Waals surface area contributed by atoms with Gasteiger partial charge in [-0.2, -0.15) is 0 Å². The standard InChI is InChI=1S/C58H102N4O19/c1-31(2)25-43(63)77-49-38(9)48(33(4)30-73-56-52(70-17)51(69-16)45(64)41(12)76-56)79-54(67)40(11)50(78-44-26-34(5)61(15)29-36(7)74-44)37(8)47(80-55-46(65)42(59-71-18)27-35(6)75-55)32(3)28-58(13,53(66)39(49)10)81-57(68)60(14)19-20-62-21-23-72-24-22-62/h31-41,44-52,55-56,64-65H,19-30H2,1-18H3/t32-,33-,34?,35+,36-,37+,38-,39+,40+,41+,44-,45+,46+,47-,48+,49+,50-,51+,52+,55-,56+,58-/m0/s1. The van der Waals surface area contributed by atoms with Crippen LogP contribution < -0.4 is 0 Å². The Kier molecular flexibility index (Phi) is 26.5. The Morgan fingerprint density at radius 2 is 1.49 bits per heavy atom. The number of Topliss-reactive ketones (excluding diaryl/α,β-unsaturated/α-hetero) is 1. The molecule has 23 nitrogen and oxygen atoms in total. The minimum absolute atomic E-state index is 0.0142. The van der Waals surface area contributed by atoms with Crippen LogP contribution >= 0.6 is 0 Å². The molecule has 0 aromatic rings. The van der Waals surface area contributed by atoms with Crippen molar-refractivity contribution in [1.82, 2.24) is 14.7 Å². The second-order valence-electron chi connectivity index (χ2n) is 24.5. The summed E-state index contributed by atoms with van der Waals surface area (Å²) in [5.41, 5.74) is -1.64. The molecule has 81 heavy (non-hydrogen) atoms. The summed E-state index contributed by atoms with van der Waals surface area (Å²) in [5, 5.41) is 26.9. The summed E-state index contributed by atoms with van der Waals surface area (Å²) in [6.07, 6.45) is -13.3. The molecular weight excluding hydrogens is 1060 g/mol. The third kappa shape index (κ3) is 18.2. The third-order valence-corrected chi connectivity index (χ3v) is 17.1. The average molecular weight is 1160 g/mol. The number of amides is 1. The number of hydrogen-bond acceptors (Lipinski definition) is 22. The zero-order valence-electron chi connectivity index (χ0n) is 51.8. The Labute approximate surface area is 481 Å². The van der Waals surface area contributed by atoms with E-state index < -0.39 is 145 Å². The van der Waals surface area contributed by atoms with Crippen molar-refractivity contribution >= 4 is 29.5 Å². The predicted molar refractivity (Wildman–Crippen MR) is 297 cm³/mol. The van der Waals surface area contributed by atoms with E-state index in [9.17, 15) is 19.8 Å². The van der Waals surface area contributed by atoms with Gasteiger partial charge in [0.15, 0.2) is 30.3 Å². The molecular formula is C58H102N4O19. The molecule has 468 valence electrons. The molecule has 5 heterocycles. The molecule has 0 aromatic heterocycles. The number of nitrogens with zero attached hydrogens (tertiary/aromatic N) is 4. The molecule has 23 heteroatoms. The van der Waals surface area contributed by atoms with E-state index >= 15 is 9.59 Å². The minimum Gasteiger partial charge on any atom is -0.461 e. The van der Waals surface area contributed by atoms with Crippen molar-refractivity contribution in [2.45, 2.75) is 213 Å². The van der Waals surface area contributed by atoms with Gasteiger partial charge < -0.3 is 81.7 Å². The van der Waals surface area contributed by atoms with E-state index in [4.69, 9.17) is 61.7 Å². The number of oxime groups is 1. The quantitative estimate of drug-likeness (QED) is 0.107. The molecule has 0 aliphatic carbocycles. The lowest BCUT2D eigenvalue weighted by atomic mass is 9.74. The maximum absolute atomic E-state index is 16.0. The van der Waals surface area contributed by atoms with E-state index in [0.29, 0.717) is 51.5 Å². The SMILES string of the molecule is CON=C1C[C@@H](C)O[C@@H](O[C@@H]2[C@@H](C)[C@H](O[C@H]3CC(C)N(C)C[C@H](C)O3)[C@@H](C)C(=O)O[C@H]([C@@H](C)CO[C@@H]3O[C@H](C)[C@@H](O)[C@@H](OC)[C@H]3OC)[C@H](C)[C@@H](OC(=O)CC(C)C)[C@@H](C)C(=O)[C@@](C)(OC(=O)N(C)CCN3CCOCC3)C[C@@H]2C)[C@@H]1O. The zero-order valence-corrected chi connectivity index (χ0v) is 51.8. The third-order valence-electron chi connectivity index (χ3n) is 17.1. The van der Waals surface area contributed by atoms with Gasteiger partial charge >= 0.3 is 18.0 Å². The molecule has 2 N–H and O–H groups in total. The van der Waals surface area contributed by atoms with E-state index in [0.717, 1.165) is 0 Å². The number of cyclic esters (lactones) is 1. The summed E-state index contributed by atoms with van der Waals surface area (Å²) in [6.45, 7) is 27.4. The summed E-state index contributed by atoms with van der Waals surface area (Å²) in [4.78, 5) is 71.0. The smallest absolute Gasteiger partial charge is 0.410 e. The summed E-state index contributed by atoms with van der Waals surface area (Å²) >= 11 is 0. The van der Waals surface area contributed by atoms with Crippen LogP contribution in [0.2, 0.25) is 0 Å². The molecule has 5 aliphatic heterocycles. The summed E-state index contributed by atoms with van der Waals surface area (Å²) < 4.78 is 76.3. The van der Waals surface area contributed by atoms with Gasteiger partial charge in [0.1, 0.15) is 43.7 Å². The Morgan fingerprint density at radius 3 is 2.12 bits per heavy atom. The van der Waals surface area contributed by atoms with Gasteiger partial charge in [-0.25, -0.2) is 4.79 Å². The first-order valence-corrected chi connectivity index (χ1v) is 29.4. The van der Waals surface area contributed by atoms with Crippen LogP contribution in [0, 0.1) is 41.4 Å². The molecule has 5 rings (SSSR count). The Bertz CT molecular complexity index is 2020. The van der Waals surface area contributed by atoms with Gasteiger partial charge in [-0.05, 0) is 66.8 Å². The first-order chi connectivity index (χ1) is 38.1. The first-order valence-electron chi connectivity index (χ1n) is 29.4. The van der Waals surface area contributed by atoms with Crippen LogP contribution in [0.4, 0.5) is 4.79 Å². The molecule has 5 saturated heterocycles. The molecule has 5 fully saturated rings. The number of rotatable bonds is 18. The number of methoxy groups -OCH3 is 2. The van der Waals surface area contributed by atoms with Gasteiger partial charge in [0, 0.05) is 97.0 Å². The number of hydrogen-bond donors (Lipinski definition) is 2. The van der Waals surface area contributed by atoms with Gasteiger partial charge in [0.25, 0.3) is 0 Å². The van der Waals surface area contributed by atoms with Crippen LogP contribution in [0.15, 0.2) is 5.16 Å². The molecule has 0 radical (unpaired) electrons.